The Hall–Kier alpha value is -1.52. The van der Waals surface area contributed by atoms with Gasteiger partial charge in [0.05, 0.1) is 11.7 Å². The van der Waals surface area contributed by atoms with Gasteiger partial charge in [0, 0.05) is 0 Å². The van der Waals surface area contributed by atoms with Crippen LogP contribution < -0.4 is 5.73 Å². The number of hydrogen-bond donors (Lipinski definition) is 2. The zero-order valence-corrected chi connectivity index (χ0v) is 9.44. The van der Waals surface area contributed by atoms with E-state index in [9.17, 15) is 4.79 Å². The van der Waals surface area contributed by atoms with E-state index in [1.54, 1.807) is 4.68 Å². The molecule has 5 heteroatoms. The normalized spacial score (nSPS) is 16.8. The fourth-order valence-corrected chi connectivity index (χ4v) is 2.40. The lowest BCUT2D eigenvalue weighted by Crippen LogP contribution is -2.11. The minimum Gasteiger partial charge on any atom is -0.477 e. The van der Waals surface area contributed by atoms with Crippen LogP contribution in [0.4, 0.5) is 5.82 Å². The molecule has 1 aromatic rings. The summed E-state index contributed by atoms with van der Waals surface area (Å²) in [7, 11) is 0. The largest absolute Gasteiger partial charge is 0.477 e. The number of rotatable bonds is 3. The summed E-state index contributed by atoms with van der Waals surface area (Å²) in [6.07, 6.45) is 5.05. The number of carbonyl (C=O) groups is 1. The van der Waals surface area contributed by atoms with Crippen LogP contribution in [-0.2, 0) is 6.42 Å². The summed E-state index contributed by atoms with van der Waals surface area (Å²) in [5, 5.41) is 13.4. The van der Waals surface area contributed by atoms with E-state index < -0.39 is 5.97 Å². The number of anilines is 1. The number of aromatic nitrogens is 2. The van der Waals surface area contributed by atoms with E-state index in [2.05, 4.69) is 5.10 Å². The number of carboxylic acid groups (broad SMARTS) is 1. The number of nitrogens with zero attached hydrogens (tertiary/aromatic N) is 2. The summed E-state index contributed by atoms with van der Waals surface area (Å²) in [6, 6.07) is 0.290. The van der Waals surface area contributed by atoms with Gasteiger partial charge in [-0.15, -0.1) is 0 Å². The van der Waals surface area contributed by atoms with Gasteiger partial charge in [-0.2, -0.15) is 5.10 Å². The maximum atomic E-state index is 11.1. The van der Waals surface area contributed by atoms with Gasteiger partial charge in [-0.25, -0.2) is 9.48 Å². The molecule has 0 aliphatic heterocycles. The molecule has 0 unspecified atom stereocenters. The van der Waals surface area contributed by atoms with Gasteiger partial charge in [-0.1, -0.05) is 19.8 Å². The smallest absolute Gasteiger partial charge is 0.341 e. The Morgan fingerprint density at radius 2 is 2.19 bits per heavy atom. The predicted octanol–water partition coefficient (Wildman–Crippen LogP) is 1.84. The van der Waals surface area contributed by atoms with Crippen molar-refractivity contribution in [2.24, 2.45) is 0 Å². The van der Waals surface area contributed by atoms with Crippen molar-refractivity contribution in [3.05, 3.63) is 11.3 Å². The maximum absolute atomic E-state index is 11.1. The maximum Gasteiger partial charge on any atom is 0.341 e. The van der Waals surface area contributed by atoms with Crippen molar-refractivity contribution in [2.75, 3.05) is 5.73 Å². The lowest BCUT2D eigenvalue weighted by atomic mass is 10.2. The predicted molar refractivity (Wildman–Crippen MR) is 60.5 cm³/mol. The van der Waals surface area contributed by atoms with E-state index in [-0.39, 0.29) is 5.56 Å². The Morgan fingerprint density at radius 3 is 2.62 bits per heavy atom. The first-order valence-corrected chi connectivity index (χ1v) is 5.75. The third-order valence-corrected chi connectivity index (χ3v) is 3.24. The Balaban J connectivity index is 2.42. The first-order chi connectivity index (χ1) is 7.65. The van der Waals surface area contributed by atoms with Crippen LogP contribution >= 0.6 is 0 Å². The molecular formula is C11H17N3O2. The van der Waals surface area contributed by atoms with Crippen LogP contribution in [0.5, 0.6) is 0 Å². The highest BCUT2D eigenvalue weighted by Gasteiger charge is 2.26. The molecule has 2 rings (SSSR count). The molecule has 1 aromatic heterocycles. The summed E-state index contributed by atoms with van der Waals surface area (Å²) < 4.78 is 1.72. The first-order valence-electron chi connectivity index (χ1n) is 5.75. The molecule has 0 saturated heterocycles. The number of carboxylic acids is 1. The molecule has 1 heterocycles. The van der Waals surface area contributed by atoms with Crippen molar-refractivity contribution in [3.8, 4) is 0 Å². The first kappa shape index (κ1) is 11.0. The van der Waals surface area contributed by atoms with E-state index in [1.165, 1.54) is 12.8 Å². The van der Waals surface area contributed by atoms with Gasteiger partial charge in [0.1, 0.15) is 11.4 Å². The Kier molecular flexibility index (Phi) is 2.85. The molecule has 0 amide bonds. The minimum atomic E-state index is -0.974. The standard InChI is InChI=1S/C11H17N3O2/c1-2-8-9(11(15)16)10(12)14(13-8)7-5-3-4-6-7/h7H,2-6,12H2,1H3,(H,15,16). The van der Waals surface area contributed by atoms with Gasteiger partial charge in [-0.05, 0) is 19.3 Å². The van der Waals surface area contributed by atoms with E-state index in [0.717, 1.165) is 12.8 Å². The zero-order chi connectivity index (χ0) is 11.7. The Labute approximate surface area is 94.2 Å². The fraction of sp³-hybridized carbons (Fsp3) is 0.636. The molecule has 1 aliphatic rings. The molecule has 1 fully saturated rings. The molecule has 0 radical (unpaired) electrons. The molecule has 0 bridgehead atoms. The van der Waals surface area contributed by atoms with E-state index in [0.29, 0.717) is 24.0 Å². The molecule has 16 heavy (non-hydrogen) atoms. The summed E-state index contributed by atoms with van der Waals surface area (Å²) in [5.74, 6) is -0.658. The number of hydrogen-bond acceptors (Lipinski definition) is 3. The van der Waals surface area contributed by atoms with Gasteiger partial charge in [0.2, 0.25) is 0 Å². The Morgan fingerprint density at radius 1 is 1.56 bits per heavy atom. The minimum absolute atomic E-state index is 0.189. The average molecular weight is 223 g/mol. The molecule has 0 spiro atoms. The molecule has 3 N–H and O–H groups in total. The third kappa shape index (κ3) is 1.66. The van der Waals surface area contributed by atoms with Crippen molar-refractivity contribution < 1.29 is 9.90 Å². The monoisotopic (exact) mass is 223 g/mol. The second-order valence-corrected chi connectivity index (χ2v) is 4.25. The van der Waals surface area contributed by atoms with Crippen molar-refractivity contribution in [1.29, 1.82) is 0 Å². The van der Waals surface area contributed by atoms with Crippen LogP contribution in [0.15, 0.2) is 0 Å². The van der Waals surface area contributed by atoms with E-state index in [4.69, 9.17) is 10.8 Å². The summed E-state index contributed by atoms with van der Waals surface area (Å²) in [6.45, 7) is 1.90. The molecule has 5 nitrogen and oxygen atoms in total. The quantitative estimate of drug-likeness (QED) is 0.819. The van der Waals surface area contributed by atoms with Gasteiger partial charge in [0.15, 0.2) is 0 Å². The fourth-order valence-electron chi connectivity index (χ4n) is 2.40. The van der Waals surface area contributed by atoms with Crippen molar-refractivity contribution in [1.82, 2.24) is 9.78 Å². The molecule has 88 valence electrons. The summed E-state index contributed by atoms with van der Waals surface area (Å²) in [4.78, 5) is 11.1. The molecule has 0 atom stereocenters. The summed E-state index contributed by atoms with van der Waals surface area (Å²) >= 11 is 0. The topological polar surface area (TPSA) is 81.1 Å². The van der Waals surface area contributed by atoms with Crippen LogP contribution in [0.3, 0.4) is 0 Å². The van der Waals surface area contributed by atoms with Gasteiger partial charge in [0.25, 0.3) is 0 Å². The van der Waals surface area contributed by atoms with E-state index in [1.807, 2.05) is 6.92 Å². The van der Waals surface area contributed by atoms with Gasteiger partial charge < -0.3 is 10.8 Å². The number of nitrogens with two attached hydrogens (primary N) is 1. The van der Waals surface area contributed by atoms with Gasteiger partial charge >= 0.3 is 5.97 Å². The molecule has 1 aliphatic carbocycles. The highest BCUT2D eigenvalue weighted by atomic mass is 16.4. The van der Waals surface area contributed by atoms with Crippen LogP contribution in [0, 0.1) is 0 Å². The number of nitrogen functional groups attached to an aromatic ring is 1. The highest BCUT2D eigenvalue weighted by molar-refractivity contribution is 5.94. The average Bonchev–Trinajstić information content (AvgIpc) is 2.83. The molecular weight excluding hydrogens is 206 g/mol. The lowest BCUT2D eigenvalue weighted by molar-refractivity contribution is 0.0697. The van der Waals surface area contributed by atoms with Gasteiger partial charge in [-0.3, -0.25) is 0 Å². The van der Waals surface area contributed by atoms with E-state index >= 15 is 0 Å². The number of aryl methyl sites for hydroxylation is 1. The lowest BCUT2D eigenvalue weighted by Gasteiger charge is -2.11. The molecule has 0 aromatic carbocycles. The van der Waals surface area contributed by atoms with Crippen molar-refractivity contribution in [3.63, 3.8) is 0 Å². The van der Waals surface area contributed by atoms with Crippen LogP contribution in [0.1, 0.15) is 54.7 Å². The second-order valence-electron chi connectivity index (χ2n) is 4.25. The van der Waals surface area contributed by atoms with Crippen LogP contribution in [0.25, 0.3) is 0 Å². The third-order valence-electron chi connectivity index (χ3n) is 3.24. The molecule has 1 saturated carbocycles. The SMILES string of the molecule is CCc1nn(C2CCCC2)c(N)c1C(=O)O. The number of aromatic carboxylic acids is 1. The summed E-state index contributed by atoms with van der Waals surface area (Å²) in [5.41, 5.74) is 6.66. The second kappa shape index (κ2) is 4.15. The zero-order valence-electron chi connectivity index (χ0n) is 9.44. The van der Waals surface area contributed by atoms with Crippen molar-refractivity contribution in [2.45, 2.75) is 45.1 Å². The van der Waals surface area contributed by atoms with Crippen molar-refractivity contribution >= 4 is 11.8 Å². The highest BCUT2D eigenvalue weighted by Crippen LogP contribution is 2.32. The van der Waals surface area contributed by atoms with Crippen LogP contribution in [0.2, 0.25) is 0 Å². The van der Waals surface area contributed by atoms with Crippen LogP contribution in [-0.4, -0.2) is 20.9 Å². The Bertz CT molecular complexity index is 406.